The summed E-state index contributed by atoms with van der Waals surface area (Å²) in [7, 11) is 1.90. The molecule has 0 spiro atoms. The van der Waals surface area contributed by atoms with E-state index in [0.717, 1.165) is 5.69 Å². The second kappa shape index (κ2) is 5.40. The molecule has 0 radical (unpaired) electrons. The second-order valence-electron chi connectivity index (χ2n) is 4.13. The van der Waals surface area contributed by atoms with Crippen LogP contribution in [0.1, 0.15) is 27.6 Å². The monoisotopic (exact) mass is 278 g/mol. The van der Waals surface area contributed by atoms with E-state index in [0.29, 0.717) is 22.3 Å². The number of aryl methyl sites for hydroxylation is 3. The molecule has 7 heteroatoms. The fourth-order valence-corrected chi connectivity index (χ4v) is 2.84. The van der Waals surface area contributed by atoms with Crippen LogP contribution in [0.25, 0.3) is 0 Å². The molecule has 0 saturated heterocycles. The molecule has 2 aromatic heterocycles. The summed E-state index contributed by atoms with van der Waals surface area (Å²) in [5.41, 5.74) is 1.68. The lowest BCUT2D eigenvalue weighted by atomic mass is 10.2. The van der Waals surface area contributed by atoms with Gasteiger partial charge in [-0.3, -0.25) is 0 Å². The molecular weight excluding hydrogens is 264 g/mol. The summed E-state index contributed by atoms with van der Waals surface area (Å²) in [5.74, 6) is 0.201. The van der Waals surface area contributed by atoms with Crippen LogP contribution >= 0.6 is 11.8 Å². The molecular formula is C12H14N4O2S. The van der Waals surface area contributed by atoms with Crippen molar-refractivity contribution in [2.75, 3.05) is 0 Å². The average molecular weight is 278 g/mol. The number of carboxylic acids is 1. The van der Waals surface area contributed by atoms with E-state index in [2.05, 4.69) is 15.0 Å². The molecule has 0 bridgehead atoms. The van der Waals surface area contributed by atoms with Crippen molar-refractivity contribution < 1.29 is 9.90 Å². The molecule has 0 aromatic carbocycles. The van der Waals surface area contributed by atoms with Crippen molar-refractivity contribution in [3.05, 3.63) is 35.3 Å². The van der Waals surface area contributed by atoms with Crippen LogP contribution < -0.4 is 0 Å². The Labute approximate surface area is 114 Å². The molecule has 19 heavy (non-hydrogen) atoms. The van der Waals surface area contributed by atoms with Crippen molar-refractivity contribution in [2.45, 2.75) is 24.6 Å². The fourth-order valence-electron chi connectivity index (χ4n) is 1.70. The number of aromatic carboxylic acids is 1. The van der Waals surface area contributed by atoms with Gasteiger partial charge in [-0.2, -0.15) is 0 Å². The van der Waals surface area contributed by atoms with Gasteiger partial charge in [0.1, 0.15) is 16.4 Å². The van der Waals surface area contributed by atoms with E-state index in [1.54, 1.807) is 26.4 Å². The Balaban J connectivity index is 2.29. The van der Waals surface area contributed by atoms with Gasteiger partial charge in [0, 0.05) is 24.7 Å². The Morgan fingerprint density at radius 2 is 2.16 bits per heavy atom. The molecule has 0 aliphatic heterocycles. The number of imidazole rings is 1. The molecule has 2 aromatic rings. The van der Waals surface area contributed by atoms with Gasteiger partial charge in [0.05, 0.1) is 12.0 Å². The third-order valence-corrected chi connectivity index (χ3v) is 3.66. The SMILES string of the molecule is Cc1nc(C)c(C(=O)O)c(SCc2cncn2C)n1. The van der Waals surface area contributed by atoms with E-state index >= 15 is 0 Å². The molecule has 2 heterocycles. The minimum absolute atomic E-state index is 0.178. The quantitative estimate of drug-likeness (QED) is 0.678. The summed E-state index contributed by atoms with van der Waals surface area (Å²) in [4.78, 5) is 23.6. The van der Waals surface area contributed by atoms with Crippen LogP contribution in [-0.2, 0) is 12.8 Å². The standard InChI is InChI=1S/C12H14N4O2S/c1-7-10(12(17)18)11(15-8(2)14-7)19-5-9-4-13-6-16(9)3/h4,6H,5H2,1-3H3,(H,17,18). The number of nitrogens with zero attached hydrogens (tertiary/aromatic N) is 4. The van der Waals surface area contributed by atoms with Crippen molar-refractivity contribution in [1.29, 1.82) is 0 Å². The number of hydrogen-bond donors (Lipinski definition) is 1. The van der Waals surface area contributed by atoms with Crippen LogP contribution in [0.3, 0.4) is 0 Å². The number of hydrogen-bond acceptors (Lipinski definition) is 5. The number of rotatable bonds is 4. The first-order valence-corrected chi connectivity index (χ1v) is 6.64. The molecule has 0 unspecified atom stereocenters. The molecule has 0 aliphatic rings. The van der Waals surface area contributed by atoms with Crippen molar-refractivity contribution in [3.8, 4) is 0 Å². The van der Waals surface area contributed by atoms with E-state index in [1.807, 2.05) is 11.6 Å². The van der Waals surface area contributed by atoms with Gasteiger partial charge < -0.3 is 9.67 Å². The van der Waals surface area contributed by atoms with Gasteiger partial charge in [0.25, 0.3) is 0 Å². The zero-order valence-electron chi connectivity index (χ0n) is 10.9. The second-order valence-corrected chi connectivity index (χ2v) is 5.09. The lowest BCUT2D eigenvalue weighted by molar-refractivity contribution is 0.0690. The van der Waals surface area contributed by atoms with Gasteiger partial charge in [-0.15, -0.1) is 0 Å². The highest BCUT2D eigenvalue weighted by Crippen LogP contribution is 2.25. The van der Waals surface area contributed by atoms with Crippen LogP contribution in [0.15, 0.2) is 17.6 Å². The lowest BCUT2D eigenvalue weighted by Crippen LogP contribution is -2.08. The Hall–Kier alpha value is -1.89. The van der Waals surface area contributed by atoms with Gasteiger partial charge in [-0.05, 0) is 13.8 Å². The number of thioether (sulfide) groups is 1. The van der Waals surface area contributed by atoms with Gasteiger partial charge in [0.15, 0.2) is 0 Å². The summed E-state index contributed by atoms with van der Waals surface area (Å²) in [6, 6.07) is 0. The zero-order valence-corrected chi connectivity index (χ0v) is 11.7. The van der Waals surface area contributed by atoms with Gasteiger partial charge >= 0.3 is 5.97 Å². The Kier molecular flexibility index (Phi) is 3.84. The molecule has 0 atom stereocenters. The Bertz CT molecular complexity index is 624. The van der Waals surface area contributed by atoms with Crippen LogP contribution in [0.4, 0.5) is 0 Å². The van der Waals surface area contributed by atoms with Crippen molar-refractivity contribution >= 4 is 17.7 Å². The molecule has 2 rings (SSSR count). The topological polar surface area (TPSA) is 80.9 Å². The van der Waals surface area contributed by atoms with Crippen LogP contribution in [-0.4, -0.2) is 30.6 Å². The van der Waals surface area contributed by atoms with E-state index in [4.69, 9.17) is 0 Å². The highest BCUT2D eigenvalue weighted by molar-refractivity contribution is 7.98. The Morgan fingerprint density at radius 1 is 1.42 bits per heavy atom. The van der Waals surface area contributed by atoms with E-state index in [-0.39, 0.29) is 5.56 Å². The maximum Gasteiger partial charge on any atom is 0.340 e. The summed E-state index contributed by atoms with van der Waals surface area (Å²) in [5, 5.41) is 9.74. The van der Waals surface area contributed by atoms with Gasteiger partial charge in [-0.25, -0.2) is 19.7 Å². The summed E-state index contributed by atoms with van der Waals surface area (Å²) < 4.78 is 1.90. The molecule has 100 valence electrons. The first kappa shape index (κ1) is 13.5. The maximum atomic E-state index is 11.3. The number of aromatic nitrogens is 4. The van der Waals surface area contributed by atoms with E-state index < -0.39 is 5.97 Å². The predicted octanol–water partition coefficient (Wildman–Crippen LogP) is 1.82. The van der Waals surface area contributed by atoms with Crippen LogP contribution in [0, 0.1) is 13.8 Å². The minimum Gasteiger partial charge on any atom is -0.478 e. The van der Waals surface area contributed by atoms with Crippen molar-refractivity contribution in [1.82, 2.24) is 19.5 Å². The molecule has 0 fully saturated rings. The number of carbonyl (C=O) groups is 1. The zero-order chi connectivity index (χ0) is 14.0. The maximum absolute atomic E-state index is 11.3. The highest BCUT2D eigenvalue weighted by atomic mass is 32.2. The summed E-state index contributed by atoms with van der Waals surface area (Å²) >= 11 is 1.38. The minimum atomic E-state index is -0.995. The first-order chi connectivity index (χ1) is 8.99. The third kappa shape index (κ3) is 2.93. The molecule has 0 saturated carbocycles. The molecule has 1 N–H and O–H groups in total. The molecule has 6 nitrogen and oxygen atoms in total. The average Bonchev–Trinajstić information content (AvgIpc) is 2.70. The van der Waals surface area contributed by atoms with E-state index in [9.17, 15) is 9.90 Å². The smallest absolute Gasteiger partial charge is 0.340 e. The number of carboxylic acid groups (broad SMARTS) is 1. The lowest BCUT2D eigenvalue weighted by Gasteiger charge is -2.08. The van der Waals surface area contributed by atoms with Gasteiger partial charge in [-0.1, -0.05) is 11.8 Å². The van der Waals surface area contributed by atoms with Crippen molar-refractivity contribution in [2.24, 2.45) is 7.05 Å². The summed E-state index contributed by atoms with van der Waals surface area (Å²) in [6.07, 6.45) is 3.47. The van der Waals surface area contributed by atoms with Crippen LogP contribution in [0.2, 0.25) is 0 Å². The van der Waals surface area contributed by atoms with Gasteiger partial charge in [0.2, 0.25) is 0 Å². The Morgan fingerprint density at radius 3 is 2.74 bits per heavy atom. The third-order valence-electron chi connectivity index (χ3n) is 2.66. The molecule has 0 aliphatic carbocycles. The fraction of sp³-hybridized carbons (Fsp3) is 0.333. The highest BCUT2D eigenvalue weighted by Gasteiger charge is 2.17. The first-order valence-electron chi connectivity index (χ1n) is 5.65. The van der Waals surface area contributed by atoms with Crippen LogP contribution in [0.5, 0.6) is 0 Å². The van der Waals surface area contributed by atoms with Crippen molar-refractivity contribution in [3.63, 3.8) is 0 Å². The van der Waals surface area contributed by atoms with E-state index in [1.165, 1.54) is 11.8 Å². The predicted molar refractivity (Wildman–Crippen MR) is 71.2 cm³/mol. The largest absolute Gasteiger partial charge is 0.478 e. The normalized spacial score (nSPS) is 10.7. The molecule has 0 amide bonds. The summed E-state index contributed by atoms with van der Waals surface area (Å²) in [6.45, 7) is 3.44.